The molecule has 3 N–H and O–H groups in total. The molecule has 0 bridgehead atoms. The number of aliphatic hydroxyl groups excluding tert-OH is 3. The zero-order valence-electron chi connectivity index (χ0n) is 22.6. The number of halogens is 4. The lowest BCUT2D eigenvalue weighted by Gasteiger charge is -2.45. The number of rotatable bonds is 7. The molecule has 15 heteroatoms. The highest BCUT2D eigenvalue weighted by atomic mass is 35.5. The lowest BCUT2D eigenvalue weighted by molar-refractivity contribution is -0.211. The first-order valence-corrected chi connectivity index (χ1v) is 14.1. The number of methoxy groups -OCH3 is 1. The van der Waals surface area contributed by atoms with Crippen LogP contribution in [0.25, 0.3) is 11.3 Å². The second kappa shape index (κ2) is 12.8. The van der Waals surface area contributed by atoms with Crippen molar-refractivity contribution in [2.45, 2.75) is 61.9 Å². The van der Waals surface area contributed by atoms with Crippen LogP contribution in [0.1, 0.15) is 30.9 Å². The summed E-state index contributed by atoms with van der Waals surface area (Å²) in [5.74, 6) is -2.69. The van der Waals surface area contributed by atoms with Gasteiger partial charge in [0, 0.05) is 23.4 Å². The lowest BCUT2D eigenvalue weighted by Crippen LogP contribution is -2.62. The van der Waals surface area contributed by atoms with Gasteiger partial charge in [0.25, 0.3) is 5.91 Å². The monoisotopic (exact) mass is 637 g/mol. The molecule has 0 radical (unpaired) electrons. The number of ether oxygens (including phenoxy) is 2. The Labute approximate surface area is 254 Å². The van der Waals surface area contributed by atoms with Crippen molar-refractivity contribution < 1.29 is 38.4 Å². The quantitative estimate of drug-likeness (QED) is 0.332. The summed E-state index contributed by atoms with van der Waals surface area (Å²) in [5, 5.41) is 49.1. The molecule has 1 aromatic heterocycles. The Morgan fingerprint density at radius 2 is 1.93 bits per heavy atom. The van der Waals surface area contributed by atoms with E-state index >= 15 is 0 Å². The zero-order valence-corrected chi connectivity index (χ0v) is 24.2. The van der Waals surface area contributed by atoms with Crippen molar-refractivity contribution in [1.82, 2.24) is 15.0 Å². The maximum atomic E-state index is 14.4. The molecule has 2 aromatic carbocycles. The summed E-state index contributed by atoms with van der Waals surface area (Å²) < 4.78 is 41.0. The standard InChI is InChI=1S/C28H27Cl2F2N5O6/c1-42-26-24(36-11-19(34-35-36)14-7-17(31)23(30)18(32)8-14)25(40)22(12-38)43-27(26)28(41)37(20-3-2-4-21(20)39)16-6-13(10-33)5-15(29)9-16/h5-9,11,20-22,24-27,38-40H,2-4,12H2,1H3/t20-,21-,22-,24+,25+,26-,27-/m1/s1. The molecule has 1 amide bonds. The van der Waals surface area contributed by atoms with E-state index in [9.17, 15) is 34.2 Å². The predicted molar refractivity (Wildman–Crippen MR) is 149 cm³/mol. The Kier molecular flexibility index (Phi) is 9.29. The number of carbonyl (C=O) groups excluding carboxylic acids is 1. The van der Waals surface area contributed by atoms with Crippen LogP contribution < -0.4 is 4.90 Å². The summed E-state index contributed by atoms with van der Waals surface area (Å²) in [6.07, 6.45) is -3.49. The van der Waals surface area contributed by atoms with Gasteiger partial charge in [0.05, 0.1) is 36.6 Å². The highest BCUT2D eigenvalue weighted by Crippen LogP contribution is 2.37. The van der Waals surface area contributed by atoms with E-state index in [2.05, 4.69) is 10.3 Å². The van der Waals surface area contributed by atoms with Gasteiger partial charge in [-0.1, -0.05) is 28.4 Å². The van der Waals surface area contributed by atoms with Crippen LogP contribution in [0.4, 0.5) is 14.5 Å². The van der Waals surface area contributed by atoms with Gasteiger partial charge in [-0.3, -0.25) is 4.79 Å². The molecule has 2 fully saturated rings. The van der Waals surface area contributed by atoms with E-state index in [1.54, 1.807) is 0 Å². The van der Waals surface area contributed by atoms with Crippen LogP contribution in [0.5, 0.6) is 0 Å². The maximum Gasteiger partial charge on any atom is 0.259 e. The van der Waals surface area contributed by atoms with E-state index in [4.69, 9.17) is 32.7 Å². The molecule has 3 aromatic rings. The van der Waals surface area contributed by atoms with Gasteiger partial charge in [0.15, 0.2) is 6.10 Å². The third kappa shape index (κ3) is 5.97. The minimum Gasteiger partial charge on any atom is -0.394 e. The SMILES string of the molecule is CO[C@@H]1[C@@H](n2cc(-c3cc(F)c(Cl)c(F)c3)nn2)[C@@H](O)[C@@H](CO)O[C@H]1C(=O)N(c1cc(Cl)cc(C#N)c1)[C@@H]1CCC[C@H]1O. The fourth-order valence-electron chi connectivity index (χ4n) is 5.74. The number of hydrogen-bond acceptors (Lipinski definition) is 9. The molecule has 0 unspecified atom stereocenters. The highest BCUT2D eigenvalue weighted by Gasteiger charge is 2.52. The largest absolute Gasteiger partial charge is 0.394 e. The summed E-state index contributed by atoms with van der Waals surface area (Å²) in [7, 11) is 1.29. The molecule has 43 heavy (non-hydrogen) atoms. The van der Waals surface area contributed by atoms with Crippen LogP contribution >= 0.6 is 23.2 Å². The van der Waals surface area contributed by atoms with Crippen molar-refractivity contribution in [3.8, 4) is 17.3 Å². The first kappa shape index (κ1) is 31.2. The van der Waals surface area contributed by atoms with Crippen molar-refractivity contribution >= 4 is 34.8 Å². The van der Waals surface area contributed by atoms with Gasteiger partial charge in [0.1, 0.15) is 46.7 Å². The van der Waals surface area contributed by atoms with Gasteiger partial charge in [0.2, 0.25) is 0 Å². The summed E-state index contributed by atoms with van der Waals surface area (Å²) in [5.41, 5.74) is 0.483. The average molecular weight is 638 g/mol. The normalized spacial score (nSPS) is 27.2. The molecule has 1 aliphatic carbocycles. The van der Waals surface area contributed by atoms with Gasteiger partial charge < -0.3 is 29.7 Å². The third-order valence-electron chi connectivity index (χ3n) is 7.78. The first-order valence-electron chi connectivity index (χ1n) is 13.3. The number of aliphatic hydroxyl groups is 3. The molecule has 5 rings (SSSR count). The Morgan fingerprint density at radius 3 is 2.53 bits per heavy atom. The maximum absolute atomic E-state index is 14.4. The number of nitrogens with zero attached hydrogens (tertiary/aromatic N) is 5. The smallest absolute Gasteiger partial charge is 0.259 e. The van der Waals surface area contributed by atoms with Gasteiger partial charge in [-0.15, -0.1) is 5.10 Å². The number of carbonyl (C=O) groups is 1. The fourth-order valence-corrected chi connectivity index (χ4v) is 6.08. The summed E-state index contributed by atoms with van der Waals surface area (Å²) >= 11 is 11.9. The van der Waals surface area contributed by atoms with Crippen molar-refractivity contribution in [2.24, 2.45) is 0 Å². The summed E-state index contributed by atoms with van der Waals surface area (Å²) in [6.45, 7) is -0.686. The minimum absolute atomic E-state index is 0.0168. The van der Waals surface area contributed by atoms with Crippen molar-refractivity contribution in [3.05, 3.63) is 63.8 Å². The molecule has 11 nitrogen and oxygen atoms in total. The number of amides is 1. The average Bonchev–Trinajstić information content (AvgIpc) is 3.64. The number of anilines is 1. The van der Waals surface area contributed by atoms with E-state index < -0.39 is 71.8 Å². The second-order valence-electron chi connectivity index (χ2n) is 10.4. The summed E-state index contributed by atoms with van der Waals surface area (Å²) in [4.78, 5) is 15.7. The predicted octanol–water partition coefficient (Wildman–Crippen LogP) is 3.03. The molecule has 2 heterocycles. The Morgan fingerprint density at radius 1 is 1.21 bits per heavy atom. The van der Waals surface area contributed by atoms with Crippen LogP contribution in [-0.4, -0.2) is 86.5 Å². The van der Waals surface area contributed by atoms with Crippen LogP contribution in [0, 0.1) is 23.0 Å². The van der Waals surface area contributed by atoms with Crippen molar-refractivity contribution in [3.63, 3.8) is 0 Å². The van der Waals surface area contributed by atoms with E-state index in [-0.39, 0.29) is 27.5 Å². The molecule has 2 aliphatic rings. The molecular formula is C28H27Cl2F2N5O6. The number of aromatic nitrogens is 3. The molecule has 1 aliphatic heterocycles. The Bertz CT molecular complexity index is 1530. The fraction of sp³-hybridized carbons (Fsp3) is 0.429. The van der Waals surface area contributed by atoms with E-state index in [0.29, 0.717) is 19.3 Å². The number of hydrogen-bond donors (Lipinski definition) is 3. The first-order chi connectivity index (χ1) is 20.6. The Hall–Kier alpha value is -3.22. The van der Waals surface area contributed by atoms with E-state index in [0.717, 1.165) is 12.1 Å². The molecule has 1 saturated heterocycles. The van der Waals surface area contributed by atoms with Gasteiger partial charge in [-0.05, 0) is 49.6 Å². The topological polar surface area (TPSA) is 154 Å². The third-order valence-corrected chi connectivity index (χ3v) is 8.36. The van der Waals surface area contributed by atoms with Crippen LogP contribution in [0.2, 0.25) is 10.0 Å². The van der Waals surface area contributed by atoms with Crippen molar-refractivity contribution in [1.29, 1.82) is 5.26 Å². The van der Waals surface area contributed by atoms with Gasteiger partial charge in [-0.25, -0.2) is 13.5 Å². The van der Waals surface area contributed by atoms with E-state index in [1.807, 2.05) is 6.07 Å². The van der Waals surface area contributed by atoms with Gasteiger partial charge >= 0.3 is 0 Å². The number of benzene rings is 2. The Balaban J connectivity index is 1.55. The highest BCUT2D eigenvalue weighted by molar-refractivity contribution is 6.31. The van der Waals surface area contributed by atoms with Crippen LogP contribution in [-0.2, 0) is 14.3 Å². The summed E-state index contributed by atoms with van der Waals surface area (Å²) in [6, 6.07) is 6.47. The van der Waals surface area contributed by atoms with Gasteiger partial charge in [-0.2, -0.15) is 5.26 Å². The second-order valence-corrected chi connectivity index (χ2v) is 11.2. The van der Waals surface area contributed by atoms with Crippen LogP contribution in [0.15, 0.2) is 36.5 Å². The molecule has 0 spiro atoms. The van der Waals surface area contributed by atoms with Crippen LogP contribution in [0.3, 0.4) is 0 Å². The molecular weight excluding hydrogens is 611 g/mol. The molecule has 1 saturated carbocycles. The number of nitriles is 1. The molecule has 228 valence electrons. The lowest BCUT2D eigenvalue weighted by atomic mass is 9.91. The van der Waals surface area contributed by atoms with Crippen molar-refractivity contribution in [2.75, 3.05) is 18.6 Å². The zero-order chi connectivity index (χ0) is 31.0. The minimum atomic E-state index is -1.46. The van der Waals surface area contributed by atoms with E-state index in [1.165, 1.54) is 41.1 Å². The molecule has 7 atom stereocenters.